The fraction of sp³-hybridized carbons (Fsp3) is 0.467. The van der Waals surface area contributed by atoms with Crippen LogP contribution < -0.4 is 4.74 Å². The van der Waals surface area contributed by atoms with Crippen molar-refractivity contribution in [3.8, 4) is 5.75 Å². The minimum Gasteiger partial charge on any atom is -0.481 e. The molecule has 1 aromatic carbocycles. The van der Waals surface area contributed by atoms with Gasteiger partial charge in [0, 0.05) is 20.0 Å². The number of fused-ring (bicyclic) bond motifs is 1. The molecule has 0 radical (unpaired) electrons. The monoisotopic (exact) mass is 357 g/mol. The normalized spacial score (nSPS) is 16.5. The van der Waals surface area contributed by atoms with E-state index in [0.717, 1.165) is 4.31 Å². The minimum absolute atomic E-state index is 0.0299. The summed E-state index contributed by atoms with van der Waals surface area (Å²) in [5.41, 5.74) is 0.598. The molecule has 24 heavy (non-hydrogen) atoms. The van der Waals surface area contributed by atoms with Crippen molar-refractivity contribution in [2.45, 2.75) is 30.8 Å². The fourth-order valence-corrected chi connectivity index (χ4v) is 3.53. The number of carbonyl (C=O) groups excluding carboxylic acids is 1. The molecule has 2 rings (SSSR count). The molecule has 0 saturated carbocycles. The van der Waals surface area contributed by atoms with E-state index in [1.54, 1.807) is 6.92 Å². The molecule has 0 aromatic heterocycles. The summed E-state index contributed by atoms with van der Waals surface area (Å²) in [7, 11) is -2.48. The first-order chi connectivity index (χ1) is 11.3. The molecular weight excluding hydrogens is 338 g/mol. The fourth-order valence-electron chi connectivity index (χ4n) is 2.31. The van der Waals surface area contributed by atoms with Crippen LogP contribution in [-0.2, 0) is 30.8 Å². The molecule has 1 heterocycles. The van der Waals surface area contributed by atoms with Crippen molar-refractivity contribution in [3.05, 3.63) is 23.8 Å². The van der Waals surface area contributed by atoms with Gasteiger partial charge in [-0.1, -0.05) is 0 Å². The number of carboxylic acids is 1. The van der Waals surface area contributed by atoms with Crippen LogP contribution in [0.5, 0.6) is 5.75 Å². The van der Waals surface area contributed by atoms with Crippen LogP contribution >= 0.6 is 0 Å². The highest BCUT2D eigenvalue weighted by molar-refractivity contribution is 7.89. The highest BCUT2D eigenvalue weighted by Gasteiger charge is 2.32. The lowest BCUT2D eigenvalue weighted by molar-refractivity contribution is -0.150. The van der Waals surface area contributed by atoms with E-state index >= 15 is 0 Å². The summed E-state index contributed by atoms with van der Waals surface area (Å²) in [6.45, 7) is 1.80. The van der Waals surface area contributed by atoms with Crippen molar-refractivity contribution in [3.63, 3.8) is 0 Å². The van der Waals surface area contributed by atoms with Gasteiger partial charge in [-0.15, -0.1) is 0 Å². The lowest BCUT2D eigenvalue weighted by Gasteiger charge is -2.16. The van der Waals surface area contributed by atoms with E-state index in [2.05, 4.69) is 0 Å². The summed E-state index contributed by atoms with van der Waals surface area (Å²) >= 11 is 0. The van der Waals surface area contributed by atoms with Crippen molar-refractivity contribution in [2.75, 3.05) is 20.2 Å². The summed E-state index contributed by atoms with van der Waals surface area (Å²) in [5, 5.41) is 8.67. The first kappa shape index (κ1) is 18.2. The largest absolute Gasteiger partial charge is 0.481 e. The molecule has 1 unspecified atom stereocenters. The number of benzene rings is 1. The van der Waals surface area contributed by atoms with Crippen molar-refractivity contribution < 1.29 is 32.6 Å². The number of carbonyl (C=O) groups is 2. The van der Waals surface area contributed by atoms with Gasteiger partial charge in [0.2, 0.25) is 10.0 Å². The molecule has 0 spiro atoms. The van der Waals surface area contributed by atoms with E-state index in [0.29, 0.717) is 11.3 Å². The van der Waals surface area contributed by atoms with Gasteiger partial charge in [0.15, 0.2) is 6.10 Å². The highest BCUT2D eigenvalue weighted by Crippen LogP contribution is 2.32. The third-order valence-corrected chi connectivity index (χ3v) is 5.46. The molecule has 1 aliphatic rings. The summed E-state index contributed by atoms with van der Waals surface area (Å²) < 4.78 is 36.3. The maximum Gasteiger partial charge on any atom is 0.347 e. The average molecular weight is 357 g/mol. The molecule has 9 heteroatoms. The van der Waals surface area contributed by atoms with Gasteiger partial charge in [0.1, 0.15) is 5.75 Å². The Balaban J connectivity index is 2.17. The molecule has 0 saturated heterocycles. The first-order valence-electron chi connectivity index (χ1n) is 7.40. The number of esters is 1. The molecule has 8 nitrogen and oxygen atoms in total. The Morgan fingerprint density at radius 1 is 1.42 bits per heavy atom. The number of rotatable bonds is 7. The molecule has 1 atom stereocenters. The van der Waals surface area contributed by atoms with Crippen LogP contribution in [0.3, 0.4) is 0 Å². The SMILES string of the molecule is CCOC(=O)C1Cc2cc(S(=O)(=O)N(C)CCC(=O)O)ccc2O1. The third-order valence-electron chi connectivity index (χ3n) is 3.60. The van der Waals surface area contributed by atoms with Gasteiger partial charge < -0.3 is 14.6 Å². The summed E-state index contributed by atoms with van der Waals surface area (Å²) in [4.78, 5) is 22.3. The highest BCUT2D eigenvalue weighted by atomic mass is 32.2. The quantitative estimate of drug-likeness (QED) is 0.713. The van der Waals surface area contributed by atoms with E-state index < -0.39 is 28.1 Å². The molecule has 0 aliphatic carbocycles. The van der Waals surface area contributed by atoms with Crippen LogP contribution in [0.15, 0.2) is 23.1 Å². The lowest BCUT2D eigenvalue weighted by Crippen LogP contribution is -2.29. The van der Waals surface area contributed by atoms with Crippen LogP contribution in [0, 0.1) is 0 Å². The lowest BCUT2D eigenvalue weighted by atomic mass is 10.1. The average Bonchev–Trinajstić information content (AvgIpc) is 2.95. The molecule has 0 bridgehead atoms. The van der Waals surface area contributed by atoms with Crippen molar-refractivity contribution in [1.29, 1.82) is 0 Å². The Kier molecular flexibility index (Phi) is 5.45. The number of ether oxygens (including phenoxy) is 2. The Morgan fingerprint density at radius 2 is 2.12 bits per heavy atom. The van der Waals surface area contributed by atoms with Gasteiger partial charge in [0.05, 0.1) is 17.9 Å². The molecule has 1 aliphatic heterocycles. The second-order valence-corrected chi connectivity index (χ2v) is 7.35. The molecule has 0 fully saturated rings. The summed E-state index contributed by atoms with van der Waals surface area (Å²) in [6, 6.07) is 4.31. The topological polar surface area (TPSA) is 110 Å². The second kappa shape index (κ2) is 7.18. The van der Waals surface area contributed by atoms with Crippen LogP contribution in [0.2, 0.25) is 0 Å². The van der Waals surface area contributed by atoms with Gasteiger partial charge in [0.25, 0.3) is 0 Å². The predicted octanol–water partition coefficient (Wildman–Crippen LogP) is 0.648. The Labute approximate surface area is 140 Å². The maximum absolute atomic E-state index is 12.5. The molecule has 132 valence electrons. The number of sulfonamides is 1. The molecule has 0 amide bonds. The van der Waals surface area contributed by atoms with Crippen LogP contribution in [0.25, 0.3) is 0 Å². The Morgan fingerprint density at radius 3 is 2.75 bits per heavy atom. The summed E-state index contributed by atoms with van der Waals surface area (Å²) in [6.07, 6.45) is -0.826. The minimum atomic E-state index is -3.81. The predicted molar refractivity (Wildman–Crippen MR) is 83.3 cm³/mol. The van der Waals surface area contributed by atoms with Crippen LogP contribution in [0.1, 0.15) is 18.9 Å². The Bertz CT molecular complexity index is 744. The number of aliphatic carboxylic acids is 1. The van der Waals surface area contributed by atoms with Gasteiger partial charge in [-0.3, -0.25) is 4.79 Å². The van der Waals surface area contributed by atoms with Gasteiger partial charge in [-0.25, -0.2) is 17.5 Å². The smallest absolute Gasteiger partial charge is 0.347 e. The van der Waals surface area contributed by atoms with E-state index in [4.69, 9.17) is 14.6 Å². The number of carboxylic acid groups (broad SMARTS) is 1. The third kappa shape index (κ3) is 3.85. The maximum atomic E-state index is 12.5. The van der Waals surface area contributed by atoms with Gasteiger partial charge >= 0.3 is 11.9 Å². The zero-order valence-electron chi connectivity index (χ0n) is 13.4. The Hall–Kier alpha value is -2.13. The molecule has 1 N–H and O–H groups in total. The van der Waals surface area contributed by atoms with Crippen molar-refractivity contribution in [2.24, 2.45) is 0 Å². The van der Waals surface area contributed by atoms with E-state index in [1.807, 2.05) is 0 Å². The standard InChI is InChI=1S/C15H19NO7S/c1-3-22-15(19)13-9-10-8-11(4-5-12(10)23-13)24(20,21)16(2)7-6-14(17)18/h4-5,8,13H,3,6-7,9H2,1-2H3,(H,17,18). The number of hydrogen-bond donors (Lipinski definition) is 1. The van der Waals surface area contributed by atoms with Crippen LogP contribution in [-0.4, -0.2) is 56.1 Å². The van der Waals surface area contributed by atoms with Crippen molar-refractivity contribution >= 4 is 22.0 Å². The number of hydrogen-bond acceptors (Lipinski definition) is 6. The second-order valence-electron chi connectivity index (χ2n) is 5.30. The molecular formula is C15H19NO7S. The van der Waals surface area contributed by atoms with Crippen LogP contribution in [0.4, 0.5) is 0 Å². The van der Waals surface area contributed by atoms with Gasteiger partial charge in [-0.05, 0) is 30.7 Å². The summed E-state index contributed by atoms with van der Waals surface area (Å²) in [5.74, 6) is -1.12. The van der Waals surface area contributed by atoms with Gasteiger partial charge in [-0.2, -0.15) is 0 Å². The van der Waals surface area contributed by atoms with E-state index in [1.165, 1.54) is 25.2 Å². The zero-order valence-corrected chi connectivity index (χ0v) is 14.2. The number of nitrogens with zero attached hydrogens (tertiary/aromatic N) is 1. The van der Waals surface area contributed by atoms with E-state index in [9.17, 15) is 18.0 Å². The zero-order chi connectivity index (χ0) is 17.9. The first-order valence-corrected chi connectivity index (χ1v) is 8.84. The molecule has 1 aromatic rings. The van der Waals surface area contributed by atoms with E-state index in [-0.39, 0.29) is 30.9 Å². The van der Waals surface area contributed by atoms with Crippen molar-refractivity contribution in [1.82, 2.24) is 4.31 Å².